The summed E-state index contributed by atoms with van der Waals surface area (Å²) in [5, 5.41) is 23.7. The molecule has 39 heavy (non-hydrogen) atoms. The molecule has 4 aromatic rings. The molecular weight excluding hydrogens is 530 g/mol. The standard InChI is InChI=1S/C25H22F6N6O2/c1-16(24(38,12-36-15-32-14-33-36)21-9-5-18(26)10-22(21)27)37-11-19(34-35-37)6-2-17-3-7-20(8-4-17)39-13-25(30,31)23(28)29/h2-11,14-16,23,38H,12-13H2,1H3/t16-,24-/m1/s1. The smallest absolute Gasteiger partial charge is 0.340 e. The molecule has 0 saturated heterocycles. The molecule has 14 heteroatoms. The summed E-state index contributed by atoms with van der Waals surface area (Å²) in [6, 6.07) is 7.69. The van der Waals surface area contributed by atoms with Crippen LogP contribution in [0.4, 0.5) is 26.3 Å². The van der Waals surface area contributed by atoms with Crippen molar-refractivity contribution < 1.29 is 36.2 Å². The van der Waals surface area contributed by atoms with Crippen LogP contribution in [-0.4, -0.2) is 53.8 Å². The molecule has 0 aliphatic carbocycles. The van der Waals surface area contributed by atoms with Crippen molar-refractivity contribution in [2.24, 2.45) is 0 Å². The lowest BCUT2D eigenvalue weighted by molar-refractivity contribution is -0.148. The first-order valence-electron chi connectivity index (χ1n) is 11.5. The maximum atomic E-state index is 14.8. The highest BCUT2D eigenvalue weighted by atomic mass is 19.3. The molecule has 2 heterocycles. The van der Waals surface area contributed by atoms with Crippen molar-refractivity contribution in [2.75, 3.05) is 6.61 Å². The Morgan fingerprint density at radius 2 is 1.82 bits per heavy atom. The lowest BCUT2D eigenvalue weighted by Crippen LogP contribution is -2.41. The summed E-state index contributed by atoms with van der Waals surface area (Å²) in [6.07, 6.45) is 3.46. The molecule has 0 aliphatic heterocycles. The average molecular weight is 552 g/mol. The molecule has 0 bridgehead atoms. The number of benzene rings is 2. The molecule has 0 spiro atoms. The van der Waals surface area contributed by atoms with Crippen LogP contribution in [0.5, 0.6) is 5.75 Å². The van der Waals surface area contributed by atoms with Crippen molar-refractivity contribution in [1.82, 2.24) is 29.8 Å². The van der Waals surface area contributed by atoms with E-state index in [-0.39, 0.29) is 17.9 Å². The third-order valence-electron chi connectivity index (χ3n) is 5.96. The Morgan fingerprint density at radius 3 is 2.46 bits per heavy atom. The van der Waals surface area contributed by atoms with Crippen molar-refractivity contribution in [3.8, 4) is 5.75 Å². The Kier molecular flexibility index (Phi) is 8.04. The molecule has 4 rings (SSSR count). The van der Waals surface area contributed by atoms with E-state index in [1.165, 1.54) is 52.5 Å². The summed E-state index contributed by atoms with van der Waals surface area (Å²) in [5.41, 5.74) is -1.13. The van der Waals surface area contributed by atoms with Crippen molar-refractivity contribution in [3.63, 3.8) is 0 Å². The fourth-order valence-electron chi connectivity index (χ4n) is 3.72. The molecular formula is C25H22F6N6O2. The van der Waals surface area contributed by atoms with Gasteiger partial charge in [-0.05, 0) is 36.8 Å². The Bertz CT molecular complexity index is 1410. The molecule has 0 aliphatic rings. The lowest BCUT2D eigenvalue weighted by Gasteiger charge is -2.34. The number of hydrogen-bond acceptors (Lipinski definition) is 6. The largest absolute Gasteiger partial charge is 0.487 e. The van der Waals surface area contributed by atoms with Crippen molar-refractivity contribution >= 4 is 12.2 Å². The van der Waals surface area contributed by atoms with Gasteiger partial charge in [-0.25, -0.2) is 31.9 Å². The van der Waals surface area contributed by atoms with E-state index in [0.717, 1.165) is 12.1 Å². The maximum absolute atomic E-state index is 14.8. The second-order valence-corrected chi connectivity index (χ2v) is 8.69. The van der Waals surface area contributed by atoms with E-state index in [9.17, 15) is 31.4 Å². The predicted molar refractivity (Wildman–Crippen MR) is 127 cm³/mol. The number of nitrogens with zero attached hydrogens (tertiary/aromatic N) is 6. The average Bonchev–Trinajstić information content (AvgIpc) is 3.58. The first kappa shape index (κ1) is 27.8. The highest BCUT2D eigenvalue weighted by Gasteiger charge is 2.42. The van der Waals surface area contributed by atoms with Gasteiger partial charge in [0.05, 0.1) is 18.8 Å². The van der Waals surface area contributed by atoms with E-state index < -0.39 is 42.2 Å². The Labute approximate surface area is 218 Å². The minimum absolute atomic E-state index is 0.00747. The summed E-state index contributed by atoms with van der Waals surface area (Å²) < 4.78 is 86.2. The van der Waals surface area contributed by atoms with Gasteiger partial charge in [0.1, 0.15) is 41.3 Å². The van der Waals surface area contributed by atoms with Gasteiger partial charge in [-0.15, -0.1) is 5.10 Å². The summed E-state index contributed by atoms with van der Waals surface area (Å²) in [7, 11) is 0. The molecule has 1 N–H and O–H groups in total. The van der Waals surface area contributed by atoms with Crippen LogP contribution in [-0.2, 0) is 12.1 Å². The lowest BCUT2D eigenvalue weighted by atomic mass is 9.86. The molecule has 8 nitrogen and oxygen atoms in total. The van der Waals surface area contributed by atoms with Gasteiger partial charge in [0.15, 0.2) is 6.61 Å². The number of aromatic nitrogens is 6. The fourth-order valence-corrected chi connectivity index (χ4v) is 3.72. The number of aliphatic hydroxyl groups is 1. The molecule has 0 radical (unpaired) electrons. The number of rotatable bonds is 11. The molecule has 0 saturated carbocycles. The van der Waals surface area contributed by atoms with Crippen LogP contribution < -0.4 is 4.74 Å². The van der Waals surface area contributed by atoms with E-state index in [2.05, 4.69) is 20.4 Å². The number of alkyl halides is 4. The predicted octanol–water partition coefficient (Wildman–Crippen LogP) is 4.75. The van der Waals surface area contributed by atoms with Crippen LogP contribution in [0.1, 0.15) is 29.8 Å². The van der Waals surface area contributed by atoms with Crippen LogP contribution in [0, 0.1) is 11.6 Å². The van der Waals surface area contributed by atoms with E-state index in [1.807, 2.05) is 0 Å². The zero-order chi connectivity index (χ0) is 28.2. The monoisotopic (exact) mass is 552 g/mol. The van der Waals surface area contributed by atoms with Gasteiger partial charge in [-0.1, -0.05) is 29.5 Å². The van der Waals surface area contributed by atoms with E-state index >= 15 is 0 Å². The minimum Gasteiger partial charge on any atom is -0.487 e. The highest BCUT2D eigenvalue weighted by Crippen LogP contribution is 2.36. The molecule has 0 fully saturated rings. The van der Waals surface area contributed by atoms with Crippen LogP contribution >= 0.6 is 0 Å². The third-order valence-corrected chi connectivity index (χ3v) is 5.96. The van der Waals surface area contributed by atoms with Gasteiger partial charge >= 0.3 is 12.3 Å². The Balaban J connectivity index is 1.50. The van der Waals surface area contributed by atoms with Crippen molar-refractivity contribution in [2.45, 2.75) is 37.5 Å². The summed E-state index contributed by atoms with van der Waals surface area (Å²) in [6.45, 7) is -0.0934. The van der Waals surface area contributed by atoms with Crippen LogP contribution in [0.2, 0.25) is 0 Å². The van der Waals surface area contributed by atoms with Crippen molar-refractivity contribution in [1.29, 1.82) is 0 Å². The quantitative estimate of drug-likeness (QED) is 0.270. The van der Waals surface area contributed by atoms with Crippen molar-refractivity contribution in [3.05, 3.63) is 89.8 Å². The molecule has 2 aromatic heterocycles. The van der Waals surface area contributed by atoms with Gasteiger partial charge in [-0.3, -0.25) is 0 Å². The number of hydrogen-bond donors (Lipinski definition) is 1. The molecule has 0 unspecified atom stereocenters. The summed E-state index contributed by atoms with van der Waals surface area (Å²) in [4.78, 5) is 3.83. The van der Waals surface area contributed by atoms with Gasteiger partial charge in [0.25, 0.3) is 0 Å². The SMILES string of the molecule is C[C@@H](n1cc(C=Cc2ccc(OCC(F)(F)C(F)F)cc2)nn1)[C@](O)(Cn1cncn1)c1ccc(F)cc1F. The normalized spacial score (nSPS) is 14.6. The fraction of sp³-hybridized carbons (Fsp3) is 0.280. The van der Waals surface area contributed by atoms with Crippen LogP contribution in [0.15, 0.2) is 61.3 Å². The molecule has 2 aromatic carbocycles. The second kappa shape index (κ2) is 11.3. The number of ether oxygens (including phenoxy) is 1. The Hall–Kier alpha value is -4.20. The van der Waals surface area contributed by atoms with Gasteiger partial charge in [0, 0.05) is 11.6 Å². The summed E-state index contributed by atoms with van der Waals surface area (Å²) in [5.74, 6) is -6.02. The zero-order valence-electron chi connectivity index (χ0n) is 20.3. The van der Waals surface area contributed by atoms with Gasteiger partial charge in [0.2, 0.25) is 0 Å². The van der Waals surface area contributed by atoms with Crippen LogP contribution in [0.25, 0.3) is 12.2 Å². The molecule has 0 amide bonds. The topological polar surface area (TPSA) is 90.9 Å². The Morgan fingerprint density at radius 1 is 1.08 bits per heavy atom. The first-order valence-corrected chi connectivity index (χ1v) is 11.5. The molecule has 206 valence electrons. The third kappa shape index (κ3) is 6.45. The van der Waals surface area contributed by atoms with Crippen LogP contribution in [0.3, 0.4) is 0 Å². The maximum Gasteiger partial charge on any atom is 0.340 e. The van der Waals surface area contributed by atoms with E-state index in [0.29, 0.717) is 17.3 Å². The van der Waals surface area contributed by atoms with Gasteiger partial charge < -0.3 is 9.84 Å². The summed E-state index contributed by atoms with van der Waals surface area (Å²) >= 11 is 0. The molecule has 2 atom stereocenters. The highest BCUT2D eigenvalue weighted by molar-refractivity contribution is 5.67. The first-order chi connectivity index (χ1) is 18.5. The minimum atomic E-state index is -4.26. The second-order valence-electron chi connectivity index (χ2n) is 8.69. The van der Waals surface area contributed by atoms with E-state index in [4.69, 9.17) is 4.74 Å². The number of halogens is 6. The zero-order valence-corrected chi connectivity index (χ0v) is 20.3. The van der Waals surface area contributed by atoms with E-state index in [1.54, 1.807) is 19.1 Å². The van der Waals surface area contributed by atoms with Gasteiger partial charge in [-0.2, -0.15) is 13.9 Å².